The molecule has 0 rings (SSSR count). The van der Waals surface area contributed by atoms with Crippen LogP contribution in [-0.4, -0.2) is 73.4 Å². The van der Waals surface area contributed by atoms with E-state index in [-0.39, 0.29) is 19.1 Å². The van der Waals surface area contributed by atoms with E-state index in [4.69, 9.17) is 9.05 Å². The summed E-state index contributed by atoms with van der Waals surface area (Å²) in [5.74, 6) is -0.168. The zero-order valence-electron chi connectivity index (χ0n) is 57.2. The molecule has 84 heavy (non-hydrogen) atoms. The van der Waals surface area contributed by atoms with Gasteiger partial charge in [-0.3, -0.25) is 13.8 Å². The Morgan fingerprint density at radius 1 is 0.405 bits per heavy atom. The van der Waals surface area contributed by atoms with Crippen LogP contribution in [0.4, 0.5) is 0 Å². The number of rotatable bonds is 70. The predicted molar refractivity (Wildman–Crippen MR) is 369 cm³/mol. The second-order valence-electron chi connectivity index (χ2n) is 27.0. The van der Waals surface area contributed by atoms with E-state index in [0.29, 0.717) is 17.4 Å². The van der Waals surface area contributed by atoms with Crippen molar-refractivity contribution in [1.82, 2.24) is 5.32 Å². The average molecular weight is 1200 g/mol. The lowest BCUT2D eigenvalue weighted by Gasteiger charge is -2.25. The van der Waals surface area contributed by atoms with Crippen molar-refractivity contribution < 1.29 is 32.9 Å². The maximum absolute atomic E-state index is 13.1. The van der Waals surface area contributed by atoms with Crippen molar-refractivity contribution in [1.29, 1.82) is 0 Å². The number of nitrogens with one attached hydrogen (secondary N) is 1. The number of phosphoric ester groups is 1. The molecule has 0 radical (unpaired) electrons. The van der Waals surface area contributed by atoms with E-state index in [9.17, 15) is 19.4 Å². The highest BCUT2D eigenvalue weighted by molar-refractivity contribution is 7.47. The first-order valence-electron chi connectivity index (χ1n) is 37.4. The molecule has 3 N–H and O–H groups in total. The monoisotopic (exact) mass is 1200 g/mol. The first-order chi connectivity index (χ1) is 41.0. The van der Waals surface area contributed by atoms with E-state index < -0.39 is 20.0 Å². The Morgan fingerprint density at radius 2 is 0.679 bits per heavy atom. The Balaban J connectivity index is 3.89. The minimum absolute atomic E-state index is 0.0643. The maximum Gasteiger partial charge on any atom is 0.472 e. The standard InChI is InChI=1S/C75H147N2O6P/c1-6-8-10-12-14-16-18-20-22-24-26-28-29-30-31-32-33-34-35-36-37-38-39-40-41-42-43-44-45-46-47-49-51-53-55-57-59-61-63-65-67-69-75(79)76-73(72-83-84(80,81)82-71-70-77(3,4)5)74(78)68-66-64-62-60-58-56-54-52-50-48-27-25-23-21-19-17-15-13-11-9-7-2/h18,20,24,26,66,68,73-74,78H,6-17,19,21-23,25,27-65,67,69-72H2,1-5H3,(H-,76,79,80,81)/p+1/b20-18-,26-24-,68-66+. The second kappa shape index (κ2) is 66.1. The van der Waals surface area contributed by atoms with Gasteiger partial charge in [0.1, 0.15) is 13.2 Å². The Morgan fingerprint density at radius 3 is 0.976 bits per heavy atom. The summed E-state index contributed by atoms with van der Waals surface area (Å²) >= 11 is 0. The van der Waals surface area contributed by atoms with E-state index in [1.54, 1.807) is 6.08 Å². The lowest BCUT2D eigenvalue weighted by molar-refractivity contribution is -0.870. The summed E-state index contributed by atoms with van der Waals surface area (Å²) in [4.78, 5) is 23.4. The van der Waals surface area contributed by atoms with Gasteiger partial charge in [-0.2, -0.15) is 0 Å². The van der Waals surface area contributed by atoms with Crippen LogP contribution in [0.15, 0.2) is 36.5 Å². The van der Waals surface area contributed by atoms with E-state index in [2.05, 4.69) is 43.5 Å². The molecule has 3 unspecified atom stereocenters. The van der Waals surface area contributed by atoms with Gasteiger partial charge < -0.3 is 19.8 Å². The van der Waals surface area contributed by atoms with Crippen molar-refractivity contribution in [2.24, 2.45) is 0 Å². The smallest absolute Gasteiger partial charge is 0.387 e. The normalized spacial score (nSPS) is 13.8. The summed E-state index contributed by atoms with van der Waals surface area (Å²) < 4.78 is 23.8. The van der Waals surface area contributed by atoms with Crippen molar-refractivity contribution >= 4 is 13.7 Å². The number of allylic oxidation sites excluding steroid dienone is 5. The molecule has 0 aliphatic rings. The third kappa shape index (κ3) is 68.2. The minimum atomic E-state index is -4.35. The highest BCUT2D eigenvalue weighted by Crippen LogP contribution is 2.43. The molecule has 0 heterocycles. The molecule has 0 aromatic carbocycles. The van der Waals surface area contributed by atoms with Crippen molar-refractivity contribution in [2.75, 3.05) is 40.9 Å². The number of aliphatic hydroxyl groups excluding tert-OH is 1. The van der Waals surface area contributed by atoms with E-state index >= 15 is 0 Å². The quantitative estimate of drug-likeness (QED) is 0.0243. The molecule has 0 fully saturated rings. The zero-order valence-corrected chi connectivity index (χ0v) is 58.1. The van der Waals surface area contributed by atoms with Gasteiger partial charge in [-0.1, -0.05) is 365 Å². The topological polar surface area (TPSA) is 105 Å². The highest BCUT2D eigenvalue weighted by Gasteiger charge is 2.28. The number of phosphoric acid groups is 1. The summed E-state index contributed by atoms with van der Waals surface area (Å²) in [6, 6.07) is -0.845. The Hall–Kier alpha value is -1.28. The average Bonchev–Trinajstić information content (AvgIpc) is 3.56. The van der Waals surface area contributed by atoms with Gasteiger partial charge in [0.15, 0.2) is 0 Å². The predicted octanol–water partition coefficient (Wildman–Crippen LogP) is 24.0. The number of carbonyl (C=O) groups is 1. The van der Waals surface area contributed by atoms with Crippen LogP contribution in [0.1, 0.15) is 386 Å². The molecule has 0 saturated carbocycles. The fourth-order valence-electron chi connectivity index (χ4n) is 11.5. The van der Waals surface area contributed by atoms with Crippen LogP contribution in [0.2, 0.25) is 0 Å². The van der Waals surface area contributed by atoms with Crippen molar-refractivity contribution in [3.8, 4) is 0 Å². The van der Waals surface area contributed by atoms with Crippen LogP contribution < -0.4 is 5.32 Å². The van der Waals surface area contributed by atoms with Crippen LogP contribution >= 0.6 is 7.82 Å². The van der Waals surface area contributed by atoms with Gasteiger partial charge in [0.05, 0.1) is 39.9 Å². The molecule has 3 atom stereocenters. The largest absolute Gasteiger partial charge is 0.472 e. The number of hydrogen-bond acceptors (Lipinski definition) is 5. The molecule has 8 nitrogen and oxygen atoms in total. The van der Waals surface area contributed by atoms with E-state index in [1.165, 1.54) is 327 Å². The van der Waals surface area contributed by atoms with Crippen molar-refractivity contribution in [2.45, 2.75) is 398 Å². The third-order valence-electron chi connectivity index (χ3n) is 17.4. The molecule has 1 amide bonds. The SMILES string of the molecule is CCCCCCC/C=C\C/C=C\CCCCCCCCCCCCCCCCCCCCCCCCCCCCCCCC(=O)NC(COP(=O)(O)OCC[N+](C)(C)C)C(O)/C=C/CCCCCCCCCCCCCCCCCCCCC. The van der Waals surface area contributed by atoms with Gasteiger partial charge >= 0.3 is 7.82 Å². The van der Waals surface area contributed by atoms with Crippen LogP contribution in [-0.2, 0) is 18.4 Å². The van der Waals surface area contributed by atoms with E-state index in [0.717, 1.165) is 38.5 Å². The molecule has 0 bridgehead atoms. The fraction of sp³-hybridized carbons (Fsp3) is 0.907. The molecular weight excluding hydrogens is 1060 g/mol. The van der Waals surface area contributed by atoms with Gasteiger partial charge in [-0.25, -0.2) is 4.57 Å². The number of hydrogen-bond donors (Lipinski definition) is 3. The first kappa shape index (κ1) is 82.7. The lowest BCUT2D eigenvalue weighted by Crippen LogP contribution is -2.45. The molecule has 0 aliphatic heterocycles. The van der Waals surface area contributed by atoms with Gasteiger partial charge in [0.2, 0.25) is 5.91 Å². The van der Waals surface area contributed by atoms with Crippen LogP contribution in [0.5, 0.6) is 0 Å². The second-order valence-corrected chi connectivity index (χ2v) is 28.5. The lowest BCUT2D eigenvalue weighted by atomic mass is 10.0. The van der Waals surface area contributed by atoms with Gasteiger partial charge in [0.25, 0.3) is 0 Å². The molecule has 0 aromatic rings. The Kier molecular flexibility index (Phi) is 65.1. The number of quaternary nitrogens is 1. The molecule has 0 aromatic heterocycles. The van der Waals surface area contributed by atoms with E-state index in [1.807, 2.05) is 27.2 Å². The molecular formula is C75H148N2O6P+. The molecule has 0 aliphatic carbocycles. The van der Waals surface area contributed by atoms with Gasteiger partial charge in [-0.05, 0) is 51.4 Å². The third-order valence-corrected chi connectivity index (χ3v) is 18.3. The summed E-state index contributed by atoms with van der Waals surface area (Å²) in [7, 11) is 1.59. The molecule has 0 spiro atoms. The minimum Gasteiger partial charge on any atom is -0.387 e. The fourth-order valence-corrected chi connectivity index (χ4v) is 12.3. The summed E-state index contributed by atoms with van der Waals surface area (Å²) in [5, 5.41) is 14.0. The Bertz CT molecular complexity index is 1460. The zero-order chi connectivity index (χ0) is 61.2. The molecule has 0 saturated heterocycles. The number of carbonyl (C=O) groups excluding carboxylic acids is 1. The number of unbranched alkanes of at least 4 members (excludes halogenated alkanes) is 53. The number of likely N-dealkylation sites (N-methyl/N-ethyl adjacent to an activating group) is 1. The van der Waals surface area contributed by atoms with Crippen molar-refractivity contribution in [3.63, 3.8) is 0 Å². The number of amides is 1. The Labute approximate surface area is 525 Å². The summed E-state index contributed by atoms with van der Waals surface area (Å²) in [5.41, 5.74) is 0. The summed E-state index contributed by atoms with van der Waals surface area (Å²) in [6.07, 6.45) is 88.9. The summed E-state index contributed by atoms with van der Waals surface area (Å²) in [6.45, 7) is 4.86. The van der Waals surface area contributed by atoms with Gasteiger partial charge in [0, 0.05) is 6.42 Å². The van der Waals surface area contributed by atoms with Gasteiger partial charge in [-0.15, -0.1) is 0 Å². The van der Waals surface area contributed by atoms with Crippen LogP contribution in [0.25, 0.3) is 0 Å². The number of nitrogens with zero attached hydrogens (tertiary/aromatic N) is 1. The van der Waals surface area contributed by atoms with Crippen LogP contribution in [0.3, 0.4) is 0 Å². The maximum atomic E-state index is 13.1. The highest BCUT2D eigenvalue weighted by atomic mass is 31.2. The molecule has 9 heteroatoms. The molecule has 498 valence electrons. The number of aliphatic hydroxyl groups is 1. The van der Waals surface area contributed by atoms with Crippen molar-refractivity contribution in [3.05, 3.63) is 36.5 Å². The van der Waals surface area contributed by atoms with Crippen LogP contribution in [0, 0.1) is 0 Å². The first-order valence-corrected chi connectivity index (χ1v) is 38.9.